The smallest absolute Gasteiger partial charge is 0.233 e. The summed E-state index contributed by atoms with van der Waals surface area (Å²) in [6, 6.07) is 9.29. The van der Waals surface area contributed by atoms with E-state index in [4.69, 9.17) is 9.47 Å². The maximum absolute atomic E-state index is 5.38. The van der Waals surface area contributed by atoms with Crippen LogP contribution in [0.2, 0.25) is 0 Å². The summed E-state index contributed by atoms with van der Waals surface area (Å²) in [6.07, 6.45) is 4.10. The number of hydrogen-bond donors (Lipinski definition) is 0. The van der Waals surface area contributed by atoms with Gasteiger partial charge in [-0.2, -0.15) is 0 Å². The fraction of sp³-hybridized carbons (Fsp3) is 0.150. The average Bonchev–Trinajstić information content (AvgIpc) is 3.37. The predicted molar refractivity (Wildman–Crippen MR) is 102 cm³/mol. The van der Waals surface area contributed by atoms with Gasteiger partial charge in [0.1, 0.15) is 23.5 Å². The maximum Gasteiger partial charge on any atom is 0.233 e. The van der Waals surface area contributed by atoms with Gasteiger partial charge in [-0.1, -0.05) is 5.21 Å². The molecule has 142 valence electrons. The molecule has 9 nitrogen and oxygen atoms in total. The Hall–Kier alpha value is -4.19. The van der Waals surface area contributed by atoms with E-state index < -0.39 is 0 Å². The zero-order valence-electron chi connectivity index (χ0n) is 15.7. The fourth-order valence-electron chi connectivity index (χ4n) is 3.23. The van der Waals surface area contributed by atoms with Crippen LogP contribution in [0.5, 0.6) is 11.6 Å². The SMILES string of the molecule is COc1ccc2c(c1)-n1nncc1Cc1c(C#Cc3ccc(OC)nn3)ncn1-2. The van der Waals surface area contributed by atoms with E-state index in [1.165, 1.54) is 0 Å². The Kier molecular flexibility index (Phi) is 3.95. The van der Waals surface area contributed by atoms with Crippen LogP contribution in [0.4, 0.5) is 0 Å². The van der Waals surface area contributed by atoms with Gasteiger partial charge >= 0.3 is 0 Å². The van der Waals surface area contributed by atoms with Crippen LogP contribution in [0.25, 0.3) is 11.4 Å². The highest BCUT2D eigenvalue weighted by atomic mass is 16.5. The van der Waals surface area contributed by atoms with Gasteiger partial charge in [-0.05, 0) is 30.0 Å². The summed E-state index contributed by atoms with van der Waals surface area (Å²) in [5.74, 6) is 7.31. The Labute approximate surface area is 165 Å². The van der Waals surface area contributed by atoms with Gasteiger partial charge in [0.25, 0.3) is 0 Å². The van der Waals surface area contributed by atoms with Gasteiger partial charge in [-0.3, -0.25) is 4.57 Å². The molecule has 1 aliphatic rings. The first-order valence-corrected chi connectivity index (χ1v) is 8.81. The second kappa shape index (κ2) is 6.76. The van der Waals surface area contributed by atoms with Crippen molar-refractivity contribution >= 4 is 0 Å². The molecule has 0 fully saturated rings. The lowest BCUT2D eigenvalue weighted by Gasteiger charge is -2.11. The van der Waals surface area contributed by atoms with Crippen LogP contribution in [0.3, 0.4) is 0 Å². The molecule has 1 aliphatic heterocycles. The molecule has 0 atom stereocenters. The molecule has 1 aromatic carbocycles. The highest BCUT2D eigenvalue weighted by Crippen LogP contribution is 2.30. The zero-order valence-corrected chi connectivity index (χ0v) is 15.7. The highest BCUT2D eigenvalue weighted by Gasteiger charge is 2.23. The number of hydrogen-bond acceptors (Lipinski definition) is 7. The van der Waals surface area contributed by atoms with Crippen LogP contribution in [0.15, 0.2) is 42.9 Å². The topological polar surface area (TPSA) is 92.8 Å². The summed E-state index contributed by atoms with van der Waals surface area (Å²) in [6.45, 7) is 0. The summed E-state index contributed by atoms with van der Waals surface area (Å²) >= 11 is 0. The van der Waals surface area contributed by atoms with Crippen molar-refractivity contribution in [2.45, 2.75) is 6.42 Å². The molecule has 29 heavy (non-hydrogen) atoms. The number of rotatable bonds is 2. The normalized spacial score (nSPS) is 11.4. The third-order valence-electron chi connectivity index (χ3n) is 4.66. The summed E-state index contributed by atoms with van der Waals surface area (Å²) < 4.78 is 14.2. The summed E-state index contributed by atoms with van der Waals surface area (Å²) in [5.41, 5.74) is 4.89. The highest BCUT2D eigenvalue weighted by molar-refractivity contribution is 5.59. The van der Waals surface area contributed by atoms with Gasteiger partial charge in [0, 0.05) is 18.6 Å². The second-order valence-corrected chi connectivity index (χ2v) is 6.29. The standard InChI is InChI=1S/C20H15N7O2/c1-28-15-5-7-17-19(10-15)27-14(11-22-25-27)9-18-16(21-12-26(17)18)6-3-13-4-8-20(29-2)24-23-13/h4-5,7-8,10-12H,9H2,1-2H3. The molecule has 0 saturated heterocycles. The van der Waals surface area contributed by atoms with Gasteiger partial charge in [0.15, 0.2) is 0 Å². The van der Waals surface area contributed by atoms with Crippen molar-refractivity contribution in [2.24, 2.45) is 0 Å². The predicted octanol–water partition coefficient (Wildman–Crippen LogP) is 1.56. The lowest BCUT2D eigenvalue weighted by molar-refractivity contribution is 0.391. The first-order valence-electron chi connectivity index (χ1n) is 8.81. The van der Waals surface area contributed by atoms with E-state index in [-0.39, 0.29) is 0 Å². The lowest BCUT2D eigenvalue weighted by Crippen LogP contribution is -2.03. The van der Waals surface area contributed by atoms with Gasteiger partial charge < -0.3 is 9.47 Å². The number of aromatic nitrogens is 7. The monoisotopic (exact) mass is 385 g/mol. The largest absolute Gasteiger partial charge is 0.497 e. The van der Waals surface area contributed by atoms with Gasteiger partial charge in [0.05, 0.1) is 43.2 Å². The minimum Gasteiger partial charge on any atom is -0.497 e. The fourth-order valence-corrected chi connectivity index (χ4v) is 3.23. The molecule has 0 aliphatic carbocycles. The zero-order chi connectivity index (χ0) is 19.8. The third-order valence-corrected chi connectivity index (χ3v) is 4.66. The lowest BCUT2D eigenvalue weighted by atomic mass is 10.2. The Balaban J connectivity index is 1.61. The summed E-state index contributed by atoms with van der Waals surface area (Å²) in [7, 11) is 3.18. The van der Waals surface area contributed by atoms with E-state index in [9.17, 15) is 0 Å². The van der Waals surface area contributed by atoms with Crippen LogP contribution in [-0.4, -0.2) is 49.0 Å². The van der Waals surface area contributed by atoms with Crippen molar-refractivity contribution < 1.29 is 9.47 Å². The molecule has 0 amide bonds. The molecule has 0 bridgehead atoms. The third kappa shape index (κ3) is 2.87. The van der Waals surface area contributed by atoms with Crippen molar-refractivity contribution in [1.82, 2.24) is 34.7 Å². The number of fused-ring (bicyclic) bond motifs is 5. The van der Waals surface area contributed by atoms with Crippen LogP contribution in [0.1, 0.15) is 22.8 Å². The van der Waals surface area contributed by atoms with Crippen molar-refractivity contribution in [3.8, 4) is 34.8 Å². The van der Waals surface area contributed by atoms with Crippen LogP contribution in [-0.2, 0) is 6.42 Å². The number of ether oxygens (including phenoxy) is 2. The molecular weight excluding hydrogens is 370 g/mol. The maximum atomic E-state index is 5.38. The molecule has 9 heteroatoms. The molecule has 3 aromatic heterocycles. The van der Waals surface area contributed by atoms with Crippen molar-refractivity contribution in [2.75, 3.05) is 14.2 Å². The molecule has 0 radical (unpaired) electrons. The second-order valence-electron chi connectivity index (χ2n) is 6.29. The first-order chi connectivity index (χ1) is 14.3. The first kappa shape index (κ1) is 16.9. The number of methoxy groups -OCH3 is 2. The Morgan fingerprint density at radius 3 is 2.72 bits per heavy atom. The molecular formula is C20H15N7O2. The average molecular weight is 385 g/mol. The van der Waals surface area contributed by atoms with E-state index in [0.29, 0.717) is 23.7 Å². The van der Waals surface area contributed by atoms with Crippen LogP contribution in [0, 0.1) is 11.8 Å². The Morgan fingerprint density at radius 2 is 1.93 bits per heavy atom. The summed E-state index contributed by atoms with van der Waals surface area (Å²) in [5, 5.41) is 16.3. The Bertz CT molecular complexity index is 1260. The molecule has 4 heterocycles. The van der Waals surface area contributed by atoms with E-state index >= 15 is 0 Å². The van der Waals surface area contributed by atoms with E-state index in [1.54, 1.807) is 38.9 Å². The van der Waals surface area contributed by atoms with Crippen LogP contribution >= 0.6 is 0 Å². The van der Waals surface area contributed by atoms with Crippen molar-refractivity contribution in [3.63, 3.8) is 0 Å². The van der Waals surface area contributed by atoms with Crippen molar-refractivity contribution in [1.29, 1.82) is 0 Å². The van der Waals surface area contributed by atoms with E-state index in [2.05, 4.69) is 37.3 Å². The van der Waals surface area contributed by atoms with Gasteiger partial charge in [-0.25, -0.2) is 9.67 Å². The minimum atomic E-state index is 0.444. The molecule has 0 N–H and O–H groups in total. The number of nitrogens with zero attached hydrogens (tertiary/aromatic N) is 7. The van der Waals surface area contributed by atoms with Crippen LogP contribution < -0.4 is 9.47 Å². The molecule has 5 rings (SSSR count). The number of benzene rings is 1. The van der Waals surface area contributed by atoms with E-state index in [0.717, 1.165) is 28.5 Å². The molecule has 4 aromatic rings. The van der Waals surface area contributed by atoms with Gasteiger partial charge in [-0.15, -0.1) is 15.3 Å². The number of imidazole rings is 1. The minimum absolute atomic E-state index is 0.444. The molecule has 0 unspecified atom stereocenters. The van der Waals surface area contributed by atoms with Gasteiger partial charge in [0.2, 0.25) is 5.88 Å². The van der Waals surface area contributed by atoms with Crippen molar-refractivity contribution in [3.05, 3.63) is 65.6 Å². The summed E-state index contributed by atoms with van der Waals surface area (Å²) in [4.78, 5) is 4.52. The molecule has 0 spiro atoms. The quantitative estimate of drug-likeness (QED) is 0.426. The van der Waals surface area contributed by atoms with E-state index in [1.807, 2.05) is 27.4 Å². The molecule has 0 saturated carbocycles. The Morgan fingerprint density at radius 1 is 1.00 bits per heavy atom.